The summed E-state index contributed by atoms with van der Waals surface area (Å²) in [6.45, 7) is 1.94. The Morgan fingerprint density at radius 3 is 2.70 bits per heavy atom. The van der Waals surface area contributed by atoms with Gasteiger partial charge >= 0.3 is 0 Å². The molecule has 0 aliphatic carbocycles. The average molecular weight is 382 g/mol. The lowest BCUT2D eigenvalue weighted by Crippen LogP contribution is -2.08. The number of carbonyl (C=O) groups is 1. The van der Waals surface area contributed by atoms with Gasteiger partial charge in [-0.25, -0.2) is 4.98 Å². The highest BCUT2D eigenvalue weighted by molar-refractivity contribution is 6.32. The zero-order valence-electron chi connectivity index (χ0n) is 15.4. The van der Waals surface area contributed by atoms with Gasteiger partial charge in [-0.1, -0.05) is 29.8 Å². The Morgan fingerprint density at radius 1 is 1.26 bits per heavy atom. The smallest absolute Gasteiger partial charge is 0.248 e. The van der Waals surface area contributed by atoms with Crippen molar-refractivity contribution in [1.82, 2.24) is 9.55 Å². The molecule has 6 heteroatoms. The summed E-state index contributed by atoms with van der Waals surface area (Å²) in [7, 11) is 3.54. The number of rotatable bonds is 5. The summed E-state index contributed by atoms with van der Waals surface area (Å²) in [5.41, 5.74) is 3.26. The molecule has 0 saturated heterocycles. The van der Waals surface area contributed by atoms with E-state index in [0.29, 0.717) is 16.5 Å². The molecule has 1 aromatic heterocycles. The number of nitrogens with zero attached hydrogens (tertiary/aromatic N) is 2. The van der Waals surface area contributed by atoms with Crippen LogP contribution in [0.3, 0.4) is 0 Å². The van der Waals surface area contributed by atoms with Crippen LogP contribution in [0, 0.1) is 6.92 Å². The maximum absolute atomic E-state index is 12.3. The second-order valence-electron chi connectivity index (χ2n) is 6.04. The fourth-order valence-corrected chi connectivity index (χ4v) is 2.87. The number of halogens is 1. The SMILES string of the molecule is COc1cc(NC(=O)C=Cc2ccccc2Cl)cc(-c2cnc(C)n2C)c1. The lowest BCUT2D eigenvalue weighted by molar-refractivity contribution is -0.111. The second kappa shape index (κ2) is 8.10. The van der Waals surface area contributed by atoms with Crippen molar-refractivity contribution in [2.75, 3.05) is 12.4 Å². The van der Waals surface area contributed by atoms with Crippen LogP contribution in [-0.2, 0) is 11.8 Å². The van der Waals surface area contributed by atoms with Crippen LogP contribution in [0.25, 0.3) is 17.3 Å². The van der Waals surface area contributed by atoms with Gasteiger partial charge in [0.05, 0.1) is 19.0 Å². The van der Waals surface area contributed by atoms with Crippen molar-refractivity contribution in [3.05, 3.63) is 71.1 Å². The summed E-state index contributed by atoms with van der Waals surface area (Å²) >= 11 is 6.11. The molecule has 0 fully saturated rings. The molecule has 0 aliphatic heterocycles. The second-order valence-corrected chi connectivity index (χ2v) is 6.45. The minimum atomic E-state index is -0.254. The number of amides is 1. The minimum Gasteiger partial charge on any atom is -0.497 e. The number of aromatic nitrogens is 2. The van der Waals surface area contributed by atoms with Gasteiger partial charge in [0.2, 0.25) is 5.91 Å². The van der Waals surface area contributed by atoms with E-state index in [2.05, 4.69) is 10.3 Å². The summed E-state index contributed by atoms with van der Waals surface area (Å²) in [6, 6.07) is 12.9. The Kier molecular flexibility index (Phi) is 5.62. The van der Waals surface area contributed by atoms with Gasteiger partial charge in [0.25, 0.3) is 0 Å². The fourth-order valence-electron chi connectivity index (χ4n) is 2.67. The number of hydrogen-bond acceptors (Lipinski definition) is 3. The molecule has 27 heavy (non-hydrogen) atoms. The van der Waals surface area contributed by atoms with Gasteiger partial charge in [0.15, 0.2) is 0 Å². The van der Waals surface area contributed by atoms with Crippen molar-refractivity contribution in [1.29, 1.82) is 0 Å². The Morgan fingerprint density at radius 2 is 2.04 bits per heavy atom. The molecule has 138 valence electrons. The fraction of sp³-hybridized carbons (Fsp3) is 0.143. The number of methoxy groups -OCH3 is 1. The van der Waals surface area contributed by atoms with Gasteiger partial charge in [-0.3, -0.25) is 4.79 Å². The van der Waals surface area contributed by atoms with E-state index in [1.807, 2.05) is 48.9 Å². The molecule has 0 bridgehead atoms. The third kappa shape index (κ3) is 4.38. The van der Waals surface area contributed by atoms with E-state index >= 15 is 0 Å². The highest BCUT2D eigenvalue weighted by Gasteiger charge is 2.10. The maximum atomic E-state index is 12.3. The zero-order chi connectivity index (χ0) is 19.4. The molecule has 3 aromatic rings. The number of nitrogens with one attached hydrogen (secondary N) is 1. The van der Waals surface area contributed by atoms with Gasteiger partial charge in [0.1, 0.15) is 11.6 Å². The number of benzene rings is 2. The summed E-state index contributed by atoms with van der Waals surface area (Å²) in [5, 5.41) is 3.46. The van der Waals surface area contributed by atoms with E-state index in [-0.39, 0.29) is 5.91 Å². The number of hydrogen-bond donors (Lipinski definition) is 1. The van der Waals surface area contributed by atoms with Crippen LogP contribution >= 0.6 is 11.6 Å². The van der Waals surface area contributed by atoms with Crippen molar-refractivity contribution in [3.63, 3.8) is 0 Å². The summed E-state index contributed by atoms with van der Waals surface area (Å²) in [6.07, 6.45) is 4.94. The van der Waals surface area contributed by atoms with Gasteiger partial charge in [0, 0.05) is 35.5 Å². The quantitative estimate of drug-likeness (QED) is 0.651. The van der Waals surface area contributed by atoms with Crippen LogP contribution in [0.4, 0.5) is 5.69 Å². The lowest BCUT2D eigenvalue weighted by Gasteiger charge is -2.10. The first kappa shape index (κ1) is 18.7. The molecule has 2 aromatic carbocycles. The van der Waals surface area contributed by atoms with Crippen LogP contribution in [-0.4, -0.2) is 22.6 Å². The summed E-state index contributed by atoms with van der Waals surface area (Å²) in [5.74, 6) is 1.30. The van der Waals surface area contributed by atoms with Crippen LogP contribution in [0.5, 0.6) is 5.75 Å². The highest BCUT2D eigenvalue weighted by atomic mass is 35.5. The maximum Gasteiger partial charge on any atom is 0.248 e. The largest absolute Gasteiger partial charge is 0.497 e. The molecule has 0 aliphatic rings. The predicted molar refractivity (Wildman–Crippen MR) is 109 cm³/mol. The normalized spacial score (nSPS) is 11.0. The Bertz CT molecular complexity index is 1010. The summed E-state index contributed by atoms with van der Waals surface area (Å²) < 4.78 is 7.36. The minimum absolute atomic E-state index is 0.254. The molecule has 0 atom stereocenters. The molecular formula is C21H20ClN3O2. The molecule has 0 spiro atoms. The van der Waals surface area contributed by atoms with Crippen molar-refractivity contribution < 1.29 is 9.53 Å². The van der Waals surface area contributed by atoms with E-state index in [4.69, 9.17) is 16.3 Å². The lowest BCUT2D eigenvalue weighted by atomic mass is 10.1. The summed E-state index contributed by atoms with van der Waals surface area (Å²) in [4.78, 5) is 16.6. The number of ether oxygens (including phenoxy) is 1. The molecule has 0 saturated carbocycles. The Balaban J connectivity index is 1.84. The van der Waals surface area contributed by atoms with Crippen molar-refractivity contribution in [2.24, 2.45) is 7.05 Å². The zero-order valence-corrected chi connectivity index (χ0v) is 16.1. The van der Waals surface area contributed by atoms with E-state index in [1.54, 1.807) is 31.5 Å². The molecule has 3 rings (SSSR count). The van der Waals surface area contributed by atoms with Crippen LogP contribution in [0.2, 0.25) is 5.02 Å². The Hall–Kier alpha value is -3.05. The highest BCUT2D eigenvalue weighted by Crippen LogP contribution is 2.29. The average Bonchev–Trinajstić information content (AvgIpc) is 2.99. The van der Waals surface area contributed by atoms with Crippen LogP contribution < -0.4 is 10.1 Å². The molecule has 5 nitrogen and oxygen atoms in total. The van der Waals surface area contributed by atoms with Crippen molar-refractivity contribution in [2.45, 2.75) is 6.92 Å². The van der Waals surface area contributed by atoms with Gasteiger partial charge in [-0.2, -0.15) is 0 Å². The standard InChI is InChI=1S/C21H20ClN3O2/c1-14-23-13-20(25(14)2)16-10-17(12-18(11-16)27-3)24-21(26)9-8-15-6-4-5-7-19(15)22/h4-13H,1-3H3,(H,24,26). The van der Waals surface area contributed by atoms with E-state index in [1.165, 1.54) is 6.08 Å². The predicted octanol–water partition coefficient (Wildman–Crippen LogP) is 4.71. The number of carbonyl (C=O) groups excluding carboxylic acids is 1. The van der Waals surface area contributed by atoms with Gasteiger partial charge < -0.3 is 14.6 Å². The molecule has 1 N–H and O–H groups in total. The molecule has 0 radical (unpaired) electrons. The van der Waals surface area contributed by atoms with E-state index < -0.39 is 0 Å². The van der Waals surface area contributed by atoms with Gasteiger partial charge in [-0.05, 0) is 36.8 Å². The number of imidazole rings is 1. The van der Waals surface area contributed by atoms with Crippen molar-refractivity contribution in [3.8, 4) is 17.0 Å². The Labute approximate surface area is 163 Å². The first-order chi connectivity index (χ1) is 13.0. The first-order valence-corrected chi connectivity index (χ1v) is 8.77. The monoisotopic (exact) mass is 381 g/mol. The van der Waals surface area contributed by atoms with E-state index in [9.17, 15) is 4.79 Å². The van der Waals surface area contributed by atoms with E-state index in [0.717, 1.165) is 22.6 Å². The van der Waals surface area contributed by atoms with Crippen molar-refractivity contribution >= 4 is 29.3 Å². The first-order valence-electron chi connectivity index (χ1n) is 8.39. The molecule has 1 amide bonds. The molecular weight excluding hydrogens is 362 g/mol. The van der Waals surface area contributed by atoms with Gasteiger partial charge in [-0.15, -0.1) is 0 Å². The number of anilines is 1. The van der Waals surface area contributed by atoms with Crippen LogP contribution in [0.15, 0.2) is 54.7 Å². The topological polar surface area (TPSA) is 56.1 Å². The third-order valence-corrected chi connectivity index (χ3v) is 4.59. The number of aryl methyl sites for hydroxylation is 1. The van der Waals surface area contributed by atoms with Crippen LogP contribution in [0.1, 0.15) is 11.4 Å². The molecule has 1 heterocycles. The third-order valence-electron chi connectivity index (χ3n) is 4.25. The molecule has 0 unspecified atom stereocenters.